The molecule has 30 heavy (non-hydrogen) atoms. The second-order valence-corrected chi connectivity index (χ2v) is 6.98. The molecule has 7 heteroatoms. The lowest BCUT2D eigenvalue weighted by molar-refractivity contribution is 0.462. The number of fused-ring (bicyclic) bond motifs is 1. The van der Waals surface area contributed by atoms with Crippen molar-refractivity contribution < 1.29 is 4.74 Å². The summed E-state index contributed by atoms with van der Waals surface area (Å²) in [4.78, 5) is 9.18. The zero-order valence-corrected chi connectivity index (χ0v) is 16.8. The number of aryl methyl sites for hydroxylation is 3. The highest BCUT2D eigenvalue weighted by Crippen LogP contribution is 2.34. The molecule has 0 aliphatic carbocycles. The maximum Gasteiger partial charge on any atom is 0.233 e. The van der Waals surface area contributed by atoms with Crippen LogP contribution in [-0.2, 0) is 7.05 Å². The molecule has 146 valence electrons. The zero-order valence-electron chi connectivity index (χ0n) is 16.8. The first kappa shape index (κ1) is 19.0. The van der Waals surface area contributed by atoms with Gasteiger partial charge in [0.05, 0.1) is 28.7 Å². The van der Waals surface area contributed by atoms with Gasteiger partial charge < -0.3 is 14.6 Å². The van der Waals surface area contributed by atoms with Crippen LogP contribution >= 0.6 is 0 Å². The minimum absolute atomic E-state index is 0.382. The van der Waals surface area contributed by atoms with E-state index < -0.39 is 0 Å². The fraction of sp³-hybridized carbons (Fsp3) is 0.130. The second kappa shape index (κ2) is 7.57. The molecule has 0 fully saturated rings. The van der Waals surface area contributed by atoms with E-state index >= 15 is 0 Å². The SMILES string of the molecule is Cc1cc(C#N)cc(C)c1Oc1nc(Nc2ccc(C#N)cc2)nc2c1ccn2C. The quantitative estimate of drug-likeness (QED) is 0.530. The van der Waals surface area contributed by atoms with Crippen molar-refractivity contribution in [1.82, 2.24) is 14.5 Å². The number of rotatable bonds is 4. The topological polar surface area (TPSA) is 99.5 Å². The van der Waals surface area contributed by atoms with E-state index in [0.717, 1.165) is 27.8 Å². The van der Waals surface area contributed by atoms with Crippen LogP contribution in [0.1, 0.15) is 22.3 Å². The third-order valence-corrected chi connectivity index (χ3v) is 4.75. The van der Waals surface area contributed by atoms with Gasteiger partial charge in [0, 0.05) is 18.9 Å². The van der Waals surface area contributed by atoms with E-state index in [9.17, 15) is 5.26 Å². The molecule has 0 aliphatic rings. The van der Waals surface area contributed by atoms with E-state index in [1.807, 2.05) is 37.7 Å². The summed E-state index contributed by atoms with van der Waals surface area (Å²) in [5.74, 6) is 1.47. The molecule has 0 bridgehead atoms. The highest BCUT2D eigenvalue weighted by molar-refractivity contribution is 5.83. The Morgan fingerprint density at radius 3 is 2.23 bits per heavy atom. The van der Waals surface area contributed by atoms with Crippen LogP contribution in [-0.4, -0.2) is 14.5 Å². The lowest BCUT2D eigenvalue weighted by Crippen LogP contribution is -2.02. The summed E-state index contributed by atoms with van der Waals surface area (Å²) >= 11 is 0. The average Bonchev–Trinajstić information content (AvgIpc) is 3.12. The third-order valence-electron chi connectivity index (χ3n) is 4.75. The Morgan fingerprint density at radius 2 is 1.60 bits per heavy atom. The van der Waals surface area contributed by atoms with E-state index in [4.69, 9.17) is 10.00 Å². The molecule has 7 nitrogen and oxygen atoms in total. The van der Waals surface area contributed by atoms with E-state index in [0.29, 0.717) is 28.7 Å². The van der Waals surface area contributed by atoms with Crippen LogP contribution in [0.4, 0.5) is 11.6 Å². The molecule has 0 amide bonds. The van der Waals surface area contributed by atoms with Gasteiger partial charge in [-0.25, -0.2) is 0 Å². The Kier molecular flexibility index (Phi) is 4.79. The summed E-state index contributed by atoms with van der Waals surface area (Å²) in [6.45, 7) is 3.81. The highest BCUT2D eigenvalue weighted by Gasteiger charge is 2.15. The number of nitriles is 2. The molecule has 2 heterocycles. The lowest BCUT2D eigenvalue weighted by atomic mass is 10.1. The van der Waals surface area contributed by atoms with Crippen LogP contribution in [0.5, 0.6) is 11.6 Å². The Balaban J connectivity index is 1.76. The van der Waals surface area contributed by atoms with Crippen molar-refractivity contribution >= 4 is 22.7 Å². The maximum absolute atomic E-state index is 9.18. The minimum atomic E-state index is 0.382. The van der Waals surface area contributed by atoms with Gasteiger partial charge >= 0.3 is 0 Å². The number of benzene rings is 2. The molecular formula is C23H18N6O. The number of anilines is 2. The van der Waals surface area contributed by atoms with Gasteiger partial charge in [0.25, 0.3) is 0 Å². The maximum atomic E-state index is 9.18. The number of aromatic nitrogens is 3. The molecular weight excluding hydrogens is 376 g/mol. The Hall–Kier alpha value is -4.36. The van der Waals surface area contributed by atoms with Crippen molar-refractivity contribution in [3.63, 3.8) is 0 Å². The average molecular weight is 394 g/mol. The van der Waals surface area contributed by atoms with E-state index in [1.54, 1.807) is 36.4 Å². The number of hydrogen-bond acceptors (Lipinski definition) is 6. The monoisotopic (exact) mass is 394 g/mol. The van der Waals surface area contributed by atoms with Gasteiger partial charge in [0.2, 0.25) is 11.8 Å². The number of hydrogen-bond donors (Lipinski definition) is 1. The second-order valence-electron chi connectivity index (χ2n) is 6.98. The lowest BCUT2D eigenvalue weighted by Gasteiger charge is -2.14. The summed E-state index contributed by atoms with van der Waals surface area (Å²) in [5.41, 5.74) is 4.37. The van der Waals surface area contributed by atoms with Crippen molar-refractivity contribution in [3.05, 3.63) is 70.9 Å². The molecule has 0 saturated heterocycles. The van der Waals surface area contributed by atoms with Crippen LogP contribution in [0.15, 0.2) is 48.7 Å². The van der Waals surface area contributed by atoms with E-state index in [1.165, 1.54) is 0 Å². The molecule has 0 spiro atoms. The van der Waals surface area contributed by atoms with Gasteiger partial charge in [0.15, 0.2) is 0 Å². The molecule has 0 atom stereocenters. The van der Waals surface area contributed by atoms with Crippen molar-refractivity contribution in [2.24, 2.45) is 7.05 Å². The van der Waals surface area contributed by atoms with Gasteiger partial charge in [-0.3, -0.25) is 0 Å². The summed E-state index contributed by atoms with van der Waals surface area (Å²) in [7, 11) is 1.91. The largest absolute Gasteiger partial charge is 0.438 e. The van der Waals surface area contributed by atoms with Gasteiger partial charge in [-0.2, -0.15) is 20.5 Å². The van der Waals surface area contributed by atoms with Gasteiger partial charge in [0.1, 0.15) is 11.4 Å². The van der Waals surface area contributed by atoms with Gasteiger partial charge in [-0.05, 0) is 67.4 Å². The molecule has 0 radical (unpaired) electrons. The van der Waals surface area contributed by atoms with Crippen LogP contribution < -0.4 is 10.1 Å². The standard InChI is InChI=1S/C23H18N6O/c1-14-10-17(13-25)11-15(2)20(14)30-22-19-8-9-29(3)21(19)27-23(28-22)26-18-6-4-16(12-24)5-7-18/h4-11H,1-3H3,(H,26,27,28). The van der Waals surface area contributed by atoms with Crippen molar-refractivity contribution in [2.75, 3.05) is 5.32 Å². The number of ether oxygens (including phenoxy) is 1. The molecule has 0 unspecified atom stereocenters. The highest BCUT2D eigenvalue weighted by atomic mass is 16.5. The van der Waals surface area contributed by atoms with Crippen LogP contribution in [0, 0.1) is 36.5 Å². The molecule has 1 N–H and O–H groups in total. The number of nitrogens with zero attached hydrogens (tertiary/aromatic N) is 5. The summed E-state index contributed by atoms with van der Waals surface area (Å²) < 4.78 is 8.12. The zero-order chi connectivity index (χ0) is 21.3. The third kappa shape index (κ3) is 3.52. The van der Waals surface area contributed by atoms with E-state index in [2.05, 4.69) is 27.4 Å². The Morgan fingerprint density at radius 1 is 0.933 bits per heavy atom. The van der Waals surface area contributed by atoms with Crippen molar-refractivity contribution in [1.29, 1.82) is 10.5 Å². The first-order valence-corrected chi connectivity index (χ1v) is 9.28. The van der Waals surface area contributed by atoms with Gasteiger partial charge in [-0.1, -0.05) is 0 Å². The van der Waals surface area contributed by atoms with E-state index in [-0.39, 0.29) is 0 Å². The molecule has 2 aromatic carbocycles. The Bertz CT molecular complexity index is 1320. The predicted molar refractivity (Wildman–Crippen MR) is 114 cm³/mol. The fourth-order valence-corrected chi connectivity index (χ4v) is 3.27. The van der Waals surface area contributed by atoms with Crippen LogP contribution in [0.2, 0.25) is 0 Å². The predicted octanol–water partition coefficient (Wildman–Crippen LogP) is 4.86. The molecule has 4 rings (SSSR count). The summed E-state index contributed by atoms with van der Waals surface area (Å²) in [6, 6.07) is 16.8. The van der Waals surface area contributed by atoms with Crippen molar-refractivity contribution in [2.45, 2.75) is 13.8 Å². The fourth-order valence-electron chi connectivity index (χ4n) is 3.27. The smallest absolute Gasteiger partial charge is 0.233 e. The Labute approximate surface area is 173 Å². The van der Waals surface area contributed by atoms with Crippen LogP contribution in [0.25, 0.3) is 11.0 Å². The van der Waals surface area contributed by atoms with Crippen molar-refractivity contribution in [3.8, 4) is 23.8 Å². The molecule has 0 aliphatic heterocycles. The summed E-state index contributed by atoms with van der Waals surface area (Å²) in [6.07, 6.45) is 1.90. The molecule has 4 aromatic rings. The normalized spacial score (nSPS) is 10.4. The van der Waals surface area contributed by atoms with Crippen LogP contribution in [0.3, 0.4) is 0 Å². The molecule has 2 aromatic heterocycles. The minimum Gasteiger partial charge on any atom is -0.438 e. The summed E-state index contributed by atoms with van der Waals surface area (Å²) in [5, 5.41) is 22.1. The molecule has 0 saturated carbocycles. The van der Waals surface area contributed by atoms with Gasteiger partial charge in [-0.15, -0.1) is 0 Å². The number of nitrogens with one attached hydrogen (secondary N) is 1. The first-order chi connectivity index (χ1) is 14.5. The first-order valence-electron chi connectivity index (χ1n) is 9.28.